The lowest BCUT2D eigenvalue weighted by molar-refractivity contribution is -0.137. The van der Waals surface area contributed by atoms with Gasteiger partial charge in [0.15, 0.2) is 0 Å². The lowest BCUT2D eigenvalue weighted by atomic mass is 10.2. The highest BCUT2D eigenvalue weighted by Gasteiger charge is 2.39. The molecule has 1 aliphatic rings. The van der Waals surface area contributed by atoms with E-state index in [1.807, 2.05) is 0 Å². The fraction of sp³-hybridized carbons (Fsp3) is 0.125. The quantitative estimate of drug-likeness (QED) is 0.753. The average molecular weight is 355 g/mol. The van der Waals surface area contributed by atoms with E-state index < -0.39 is 23.7 Å². The van der Waals surface area contributed by atoms with Crippen molar-refractivity contribution in [3.05, 3.63) is 59.1 Å². The second kappa shape index (κ2) is 5.83. The molecule has 0 bridgehead atoms. The minimum atomic E-state index is -4.53. The maximum atomic E-state index is 12.8. The van der Waals surface area contributed by atoms with E-state index in [0.717, 1.165) is 21.9 Å². The molecule has 2 aromatic carbocycles. The van der Waals surface area contributed by atoms with Crippen molar-refractivity contribution in [2.45, 2.75) is 6.18 Å². The van der Waals surface area contributed by atoms with Crippen molar-refractivity contribution < 1.29 is 22.8 Å². The first-order chi connectivity index (χ1) is 11.3. The molecule has 0 atom stereocenters. The van der Waals surface area contributed by atoms with Crippen LogP contribution in [-0.2, 0) is 11.0 Å². The number of hydrogen-bond acceptors (Lipinski definition) is 2. The van der Waals surface area contributed by atoms with Crippen molar-refractivity contribution >= 4 is 34.9 Å². The number of anilines is 2. The number of urea groups is 1. The maximum Gasteiger partial charge on any atom is 0.416 e. The molecule has 0 spiro atoms. The van der Waals surface area contributed by atoms with Gasteiger partial charge in [-0.25, -0.2) is 9.69 Å². The molecule has 0 unspecified atom stereocenters. The average Bonchev–Trinajstić information content (AvgIpc) is 2.83. The van der Waals surface area contributed by atoms with E-state index in [2.05, 4.69) is 0 Å². The monoisotopic (exact) mass is 354 g/mol. The minimum Gasteiger partial charge on any atom is -0.284 e. The Morgan fingerprint density at radius 1 is 0.958 bits per heavy atom. The molecule has 0 saturated carbocycles. The van der Waals surface area contributed by atoms with Crippen molar-refractivity contribution in [2.75, 3.05) is 16.3 Å². The third-order valence-corrected chi connectivity index (χ3v) is 3.79. The van der Waals surface area contributed by atoms with E-state index in [9.17, 15) is 22.8 Å². The van der Waals surface area contributed by atoms with Crippen molar-refractivity contribution in [3.63, 3.8) is 0 Å². The Hall–Kier alpha value is -2.54. The standard InChI is InChI=1S/C16H10ClF3N2O2/c17-11-4-6-12(7-5-11)22-14(23)9-21(15(22)24)13-3-1-2-10(8-13)16(18,19)20/h1-8H,9H2. The fourth-order valence-electron chi connectivity index (χ4n) is 2.40. The highest BCUT2D eigenvalue weighted by Crippen LogP contribution is 2.33. The Balaban J connectivity index is 1.93. The van der Waals surface area contributed by atoms with Gasteiger partial charge in [-0.2, -0.15) is 13.2 Å². The van der Waals surface area contributed by atoms with Gasteiger partial charge in [0, 0.05) is 10.7 Å². The molecule has 1 heterocycles. The summed E-state index contributed by atoms with van der Waals surface area (Å²) in [4.78, 5) is 26.5. The number of alkyl halides is 3. The van der Waals surface area contributed by atoms with Crippen LogP contribution in [0.4, 0.5) is 29.3 Å². The number of hydrogen-bond donors (Lipinski definition) is 0. The molecule has 0 N–H and O–H groups in total. The molecule has 1 fully saturated rings. The van der Waals surface area contributed by atoms with Gasteiger partial charge < -0.3 is 0 Å². The number of imide groups is 1. The second-order valence-electron chi connectivity index (χ2n) is 5.12. The Labute approximate surface area is 140 Å². The molecule has 1 aliphatic heterocycles. The van der Waals surface area contributed by atoms with Crippen molar-refractivity contribution in [2.24, 2.45) is 0 Å². The van der Waals surface area contributed by atoms with Gasteiger partial charge in [0.2, 0.25) is 0 Å². The van der Waals surface area contributed by atoms with Gasteiger partial charge in [-0.05, 0) is 42.5 Å². The highest BCUT2D eigenvalue weighted by molar-refractivity contribution is 6.31. The molecule has 2 aromatic rings. The third-order valence-electron chi connectivity index (χ3n) is 3.53. The zero-order chi connectivity index (χ0) is 17.5. The smallest absolute Gasteiger partial charge is 0.284 e. The molecular weight excluding hydrogens is 345 g/mol. The van der Waals surface area contributed by atoms with Crippen LogP contribution in [0, 0.1) is 0 Å². The Morgan fingerprint density at radius 3 is 2.25 bits per heavy atom. The van der Waals surface area contributed by atoms with Crippen LogP contribution in [0.1, 0.15) is 5.56 Å². The lowest BCUT2D eigenvalue weighted by Gasteiger charge is -2.18. The van der Waals surface area contributed by atoms with Crippen LogP contribution in [0.2, 0.25) is 5.02 Å². The van der Waals surface area contributed by atoms with Gasteiger partial charge in [-0.3, -0.25) is 9.69 Å². The largest absolute Gasteiger partial charge is 0.416 e. The molecule has 4 nitrogen and oxygen atoms in total. The SMILES string of the molecule is O=C1CN(c2cccc(C(F)(F)F)c2)C(=O)N1c1ccc(Cl)cc1. The van der Waals surface area contributed by atoms with Gasteiger partial charge in [-0.15, -0.1) is 0 Å². The number of carbonyl (C=O) groups excluding carboxylic acids is 2. The number of carbonyl (C=O) groups is 2. The molecule has 3 amide bonds. The predicted molar refractivity (Wildman–Crippen MR) is 83.1 cm³/mol. The summed E-state index contributed by atoms with van der Waals surface area (Å²) in [6, 6.07) is 9.61. The fourth-order valence-corrected chi connectivity index (χ4v) is 2.52. The van der Waals surface area contributed by atoms with E-state index in [1.54, 1.807) is 0 Å². The summed E-state index contributed by atoms with van der Waals surface area (Å²) >= 11 is 5.77. The van der Waals surface area contributed by atoms with Crippen LogP contribution in [-0.4, -0.2) is 18.5 Å². The highest BCUT2D eigenvalue weighted by atomic mass is 35.5. The summed E-state index contributed by atoms with van der Waals surface area (Å²) < 4.78 is 38.4. The zero-order valence-electron chi connectivity index (χ0n) is 12.0. The van der Waals surface area contributed by atoms with Gasteiger partial charge in [0.05, 0.1) is 11.3 Å². The van der Waals surface area contributed by atoms with E-state index in [4.69, 9.17) is 11.6 Å². The first-order valence-electron chi connectivity index (χ1n) is 6.84. The first kappa shape index (κ1) is 16.3. The summed E-state index contributed by atoms with van der Waals surface area (Å²) in [5.74, 6) is -0.528. The summed E-state index contributed by atoms with van der Waals surface area (Å²) in [7, 11) is 0. The van der Waals surface area contributed by atoms with E-state index >= 15 is 0 Å². The molecule has 8 heteroatoms. The Kier molecular flexibility index (Phi) is 3.96. The molecular formula is C16H10ClF3N2O2. The van der Waals surface area contributed by atoms with Crippen molar-refractivity contribution in [1.29, 1.82) is 0 Å². The summed E-state index contributed by atoms with van der Waals surface area (Å²) in [6.45, 7) is -0.331. The number of nitrogens with zero attached hydrogens (tertiary/aromatic N) is 2. The van der Waals surface area contributed by atoms with Crippen LogP contribution in [0.5, 0.6) is 0 Å². The Morgan fingerprint density at radius 2 is 1.62 bits per heavy atom. The summed E-state index contributed by atoms with van der Waals surface area (Å²) in [5, 5.41) is 0.438. The lowest BCUT2D eigenvalue weighted by Crippen LogP contribution is -2.33. The van der Waals surface area contributed by atoms with Gasteiger partial charge in [-0.1, -0.05) is 17.7 Å². The predicted octanol–water partition coefficient (Wildman–Crippen LogP) is 4.33. The first-order valence-corrected chi connectivity index (χ1v) is 7.22. The zero-order valence-corrected chi connectivity index (χ0v) is 12.8. The Bertz CT molecular complexity index is 806. The number of halogens is 4. The molecule has 124 valence electrons. The molecule has 0 aliphatic carbocycles. The van der Waals surface area contributed by atoms with Gasteiger partial charge in [0.1, 0.15) is 6.54 Å². The number of rotatable bonds is 2. The van der Waals surface area contributed by atoms with Crippen LogP contribution in [0.15, 0.2) is 48.5 Å². The number of amides is 3. The molecule has 1 saturated heterocycles. The normalized spacial score (nSPS) is 15.3. The van der Waals surface area contributed by atoms with Crippen molar-refractivity contribution in [3.8, 4) is 0 Å². The van der Waals surface area contributed by atoms with Crippen molar-refractivity contribution in [1.82, 2.24) is 0 Å². The molecule has 24 heavy (non-hydrogen) atoms. The number of benzene rings is 2. The van der Waals surface area contributed by atoms with E-state index in [1.165, 1.54) is 36.4 Å². The van der Waals surface area contributed by atoms with Crippen LogP contribution in [0.25, 0.3) is 0 Å². The second-order valence-corrected chi connectivity index (χ2v) is 5.56. The molecule has 0 aromatic heterocycles. The third kappa shape index (κ3) is 2.94. The van der Waals surface area contributed by atoms with Crippen LogP contribution in [0.3, 0.4) is 0 Å². The summed E-state index contributed by atoms with van der Waals surface area (Å²) in [5.41, 5.74) is -0.561. The molecule has 3 rings (SSSR count). The maximum absolute atomic E-state index is 12.8. The minimum absolute atomic E-state index is 0.0136. The van der Waals surface area contributed by atoms with Crippen LogP contribution >= 0.6 is 11.6 Å². The van der Waals surface area contributed by atoms with E-state index in [0.29, 0.717) is 10.7 Å². The topological polar surface area (TPSA) is 40.6 Å². The van der Waals surface area contributed by atoms with Crippen LogP contribution < -0.4 is 9.80 Å². The molecule has 0 radical (unpaired) electrons. The van der Waals surface area contributed by atoms with Gasteiger partial charge in [0.25, 0.3) is 5.91 Å². The summed E-state index contributed by atoms with van der Waals surface area (Å²) in [6.07, 6.45) is -4.53. The van der Waals surface area contributed by atoms with Gasteiger partial charge >= 0.3 is 12.2 Å². The van der Waals surface area contributed by atoms with E-state index in [-0.39, 0.29) is 12.2 Å².